The molecule has 0 spiro atoms. The minimum Gasteiger partial charge on any atom is -0.300 e. The molecule has 0 radical (unpaired) electrons. The van der Waals surface area contributed by atoms with E-state index in [9.17, 15) is 0 Å². The molecule has 23 heavy (non-hydrogen) atoms. The zero-order valence-corrected chi connectivity index (χ0v) is 16.8. The Morgan fingerprint density at radius 2 is 1.13 bits per heavy atom. The van der Waals surface area contributed by atoms with Crippen LogP contribution in [0.1, 0.15) is 111 Å². The minimum atomic E-state index is 0.878. The van der Waals surface area contributed by atoms with Crippen LogP contribution < -0.4 is 0 Å². The normalized spacial score (nSPS) is 22.8. The van der Waals surface area contributed by atoms with Gasteiger partial charge in [0.25, 0.3) is 0 Å². The van der Waals surface area contributed by atoms with Crippen LogP contribution in [0.3, 0.4) is 0 Å². The van der Waals surface area contributed by atoms with E-state index in [1.165, 1.54) is 96.6 Å². The molecule has 138 valence electrons. The van der Waals surface area contributed by atoms with Gasteiger partial charge in [0.1, 0.15) is 0 Å². The topological polar surface area (TPSA) is 3.24 Å². The summed E-state index contributed by atoms with van der Waals surface area (Å²) in [6, 6.07) is 0.878. The average molecular weight is 324 g/mol. The highest BCUT2D eigenvalue weighted by Crippen LogP contribution is 2.27. The molecule has 0 amide bonds. The van der Waals surface area contributed by atoms with E-state index < -0.39 is 0 Å². The number of piperidine rings is 1. The maximum absolute atomic E-state index is 2.87. The molecule has 1 heteroatoms. The SMILES string of the molecule is CCCCCCCC(CCCCCCC)N1C[C@H](C)C[C@H](C)C1. The lowest BCUT2D eigenvalue weighted by Gasteiger charge is -2.40. The summed E-state index contributed by atoms with van der Waals surface area (Å²) in [5, 5.41) is 0. The molecule has 1 nitrogen and oxygen atoms in total. The molecule has 2 atom stereocenters. The van der Waals surface area contributed by atoms with Crippen molar-refractivity contribution in [3.8, 4) is 0 Å². The highest BCUT2D eigenvalue weighted by Gasteiger charge is 2.26. The fraction of sp³-hybridized carbons (Fsp3) is 1.00. The van der Waals surface area contributed by atoms with Crippen molar-refractivity contribution in [2.75, 3.05) is 13.1 Å². The Hall–Kier alpha value is -0.0400. The first-order valence-corrected chi connectivity index (χ1v) is 10.9. The summed E-state index contributed by atoms with van der Waals surface area (Å²) in [6.45, 7) is 12.3. The second-order valence-electron chi connectivity index (χ2n) is 8.46. The van der Waals surface area contributed by atoms with Crippen molar-refractivity contribution in [1.82, 2.24) is 4.90 Å². The number of nitrogens with zero attached hydrogens (tertiary/aromatic N) is 1. The molecular formula is C22H45N. The Morgan fingerprint density at radius 1 is 0.696 bits per heavy atom. The van der Waals surface area contributed by atoms with E-state index in [0.29, 0.717) is 0 Å². The van der Waals surface area contributed by atoms with Crippen molar-refractivity contribution in [2.24, 2.45) is 11.8 Å². The zero-order valence-electron chi connectivity index (χ0n) is 16.8. The van der Waals surface area contributed by atoms with Crippen LogP contribution in [0.2, 0.25) is 0 Å². The molecule has 1 aliphatic rings. The Bertz CT molecular complexity index is 239. The second-order valence-corrected chi connectivity index (χ2v) is 8.46. The van der Waals surface area contributed by atoms with Crippen LogP contribution in [0.25, 0.3) is 0 Å². The van der Waals surface area contributed by atoms with E-state index in [2.05, 4.69) is 32.6 Å². The smallest absolute Gasteiger partial charge is 0.00954 e. The van der Waals surface area contributed by atoms with Crippen molar-refractivity contribution < 1.29 is 0 Å². The second kappa shape index (κ2) is 13.3. The van der Waals surface area contributed by atoms with Gasteiger partial charge in [0.2, 0.25) is 0 Å². The molecule has 1 rings (SSSR count). The molecule has 1 aliphatic heterocycles. The molecule has 0 aromatic carbocycles. The van der Waals surface area contributed by atoms with Gasteiger partial charge in [-0.1, -0.05) is 91.9 Å². The minimum absolute atomic E-state index is 0.878. The predicted octanol–water partition coefficient (Wildman–Crippen LogP) is 7.05. The molecule has 0 saturated carbocycles. The molecule has 0 N–H and O–H groups in total. The van der Waals surface area contributed by atoms with Crippen LogP contribution in [0.5, 0.6) is 0 Å². The third-order valence-electron chi connectivity index (χ3n) is 5.70. The standard InChI is InChI=1S/C22H45N/c1-5-7-9-11-13-15-22(16-14-12-10-8-6-2)23-18-20(3)17-21(4)19-23/h20-22H,5-19H2,1-4H3/t20-,21+. The predicted molar refractivity (Wildman–Crippen MR) is 105 cm³/mol. The van der Waals surface area contributed by atoms with Gasteiger partial charge in [-0.25, -0.2) is 0 Å². The summed E-state index contributed by atoms with van der Waals surface area (Å²) in [5.74, 6) is 1.81. The van der Waals surface area contributed by atoms with Gasteiger partial charge in [0.05, 0.1) is 0 Å². The van der Waals surface area contributed by atoms with Gasteiger partial charge in [0.15, 0.2) is 0 Å². The maximum atomic E-state index is 2.87. The number of likely N-dealkylation sites (tertiary alicyclic amines) is 1. The first-order valence-electron chi connectivity index (χ1n) is 10.9. The van der Waals surface area contributed by atoms with Crippen LogP contribution in [-0.2, 0) is 0 Å². The summed E-state index contributed by atoms with van der Waals surface area (Å²) in [4.78, 5) is 2.87. The van der Waals surface area contributed by atoms with Gasteiger partial charge in [0, 0.05) is 19.1 Å². The number of unbranched alkanes of at least 4 members (excludes halogenated alkanes) is 8. The Balaban J connectivity index is 2.36. The fourth-order valence-corrected chi connectivity index (χ4v) is 4.49. The Kier molecular flexibility index (Phi) is 12.1. The average Bonchev–Trinajstić information content (AvgIpc) is 2.51. The summed E-state index contributed by atoms with van der Waals surface area (Å²) >= 11 is 0. The van der Waals surface area contributed by atoms with E-state index in [0.717, 1.165) is 17.9 Å². The monoisotopic (exact) mass is 323 g/mol. The summed E-state index contributed by atoms with van der Waals surface area (Å²) in [7, 11) is 0. The van der Waals surface area contributed by atoms with E-state index in [-0.39, 0.29) is 0 Å². The number of rotatable bonds is 13. The molecular weight excluding hydrogens is 278 g/mol. The lowest BCUT2D eigenvalue weighted by atomic mass is 9.89. The molecule has 1 heterocycles. The zero-order chi connectivity index (χ0) is 16.9. The fourth-order valence-electron chi connectivity index (χ4n) is 4.49. The van der Waals surface area contributed by atoms with Crippen molar-refractivity contribution in [2.45, 2.75) is 117 Å². The van der Waals surface area contributed by atoms with Crippen molar-refractivity contribution in [3.05, 3.63) is 0 Å². The first kappa shape index (κ1) is 21.0. The molecule has 0 bridgehead atoms. The highest BCUT2D eigenvalue weighted by molar-refractivity contribution is 4.81. The van der Waals surface area contributed by atoms with Gasteiger partial charge >= 0.3 is 0 Å². The molecule has 0 aromatic heterocycles. The van der Waals surface area contributed by atoms with Gasteiger partial charge in [-0.15, -0.1) is 0 Å². The van der Waals surface area contributed by atoms with Crippen molar-refractivity contribution >= 4 is 0 Å². The van der Waals surface area contributed by atoms with Gasteiger partial charge < -0.3 is 0 Å². The van der Waals surface area contributed by atoms with Crippen molar-refractivity contribution in [3.63, 3.8) is 0 Å². The van der Waals surface area contributed by atoms with E-state index in [1.54, 1.807) is 0 Å². The van der Waals surface area contributed by atoms with E-state index >= 15 is 0 Å². The molecule has 0 aromatic rings. The lowest BCUT2D eigenvalue weighted by molar-refractivity contribution is 0.0833. The summed E-state index contributed by atoms with van der Waals surface area (Å²) in [5.41, 5.74) is 0. The van der Waals surface area contributed by atoms with Gasteiger partial charge in [-0.2, -0.15) is 0 Å². The Morgan fingerprint density at radius 3 is 1.57 bits per heavy atom. The molecule has 1 fully saturated rings. The van der Waals surface area contributed by atoms with Gasteiger partial charge in [-0.3, -0.25) is 4.90 Å². The summed E-state index contributed by atoms with van der Waals surface area (Å²) < 4.78 is 0. The third-order valence-corrected chi connectivity index (χ3v) is 5.70. The number of hydrogen-bond acceptors (Lipinski definition) is 1. The van der Waals surface area contributed by atoms with Crippen LogP contribution in [-0.4, -0.2) is 24.0 Å². The van der Waals surface area contributed by atoms with Crippen LogP contribution in [0.15, 0.2) is 0 Å². The quantitative estimate of drug-likeness (QED) is 0.328. The van der Waals surface area contributed by atoms with Gasteiger partial charge in [-0.05, 0) is 31.1 Å². The van der Waals surface area contributed by atoms with Crippen molar-refractivity contribution in [1.29, 1.82) is 0 Å². The molecule has 1 saturated heterocycles. The lowest BCUT2D eigenvalue weighted by Crippen LogP contribution is -2.45. The Labute approximate surface area is 147 Å². The van der Waals surface area contributed by atoms with E-state index in [4.69, 9.17) is 0 Å². The number of hydrogen-bond donors (Lipinski definition) is 0. The first-order chi connectivity index (χ1) is 11.2. The van der Waals surface area contributed by atoms with E-state index in [1.807, 2.05) is 0 Å². The largest absolute Gasteiger partial charge is 0.300 e. The maximum Gasteiger partial charge on any atom is 0.00954 e. The van der Waals surface area contributed by atoms with Crippen LogP contribution in [0.4, 0.5) is 0 Å². The highest BCUT2D eigenvalue weighted by atomic mass is 15.2. The van der Waals surface area contributed by atoms with Crippen LogP contribution in [0, 0.1) is 11.8 Å². The molecule has 0 aliphatic carbocycles. The summed E-state index contributed by atoms with van der Waals surface area (Å²) in [6.07, 6.45) is 18.7. The van der Waals surface area contributed by atoms with Crippen LogP contribution >= 0.6 is 0 Å². The molecule has 0 unspecified atom stereocenters. The third kappa shape index (κ3) is 9.75.